The molecule has 0 radical (unpaired) electrons. The van der Waals surface area contributed by atoms with Crippen molar-refractivity contribution in [3.8, 4) is 11.5 Å². The van der Waals surface area contributed by atoms with Crippen LogP contribution in [-0.2, 0) is 17.9 Å². The fourth-order valence-electron chi connectivity index (χ4n) is 2.83. The number of amides is 1. The van der Waals surface area contributed by atoms with Crippen molar-refractivity contribution in [3.63, 3.8) is 0 Å². The second-order valence-electron chi connectivity index (χ2n) is 5.98. The van der Waals surface area contributed by atoms with Gasteiger partial charge in [-0.2, -0.15) is 0 Å². The molecule has 0 aliphatic heterocycles. The predicted molar refractivity (Wildman–Crippen MR) is 100 cm³/mol. The lowest BCUT2D eigenvalue weighted by atomic mass is 10.3. The van der Waals surface area contributed by atoms with Gasteiger partial charge in [0.2, 0.25) is 0 Å². The highest BCUT2D eigenvalue weighted by atomic mass is 16.5. The first kappa shape index (κ1) is 17.8. The fourth-order valence-corrected chi connectivity index (χ4v) is 2.83. The highest BCUT2D eigenvalue weighted by Gasteiger charge is 2.15. The molecule has 0 spiro atoms. The number of hydrogen-bond donors (Lipinski definition) is 0. The van der Waals surface area contributed by atoms with Crippen LogP contribution in [0.3, 0.4) is 0 Å². The van der Waals surface area contributed by atoms with Crippen molar-refractivity contribution in [3.05, 3.63) is 54.4 Å². The van der Waals surface area contributed by atoms with E-state index in [1.54, 1.807) is 43.3 Å². The average Bonchev–Trinajstić information content (AvgIpc) is 3.03. The summed E-state index contributed by atoms with van der Waals surface area (Å²) in [6.45, 7) is 3.30. The summed E-state index contributed by atoms with van der Waals surface area (Å²) in [4.78, 5) is 18.7. The molecule has 0 fully saturated rings. The fraction of sp³-hybridized carbons (Fsp3) is 0.300. The number of imidazole rings is 1. The second kappa shape index (κ2) is 7.91. The molecule has 0 unspecified atom stereocenters. The zero-order valence-electron chi connectivity index (χ0n) is 15.3. The van der Waals surface area contributed by atoms with Gasteiger partial charge in [-0.15, -0.1) is 0 Å². The molecule has 0 aliphatic rings. The Hall–Kier alpha value is -3.02. The van der Waals surface area contributed by atoms with Crippen molar-refractivity contribution >= 4 is 16.9 Å². The topological polar surface area (TPSA) is 56.6 Å². The summed E-state index contributed by atoms with van der Waals surface area (Å²) in [5.41, 5.74) is 2.03. The van der Waals surface area contributed by atoms with Crippen LogP contribution in [0.4, 0.5) is 0 Å². The van der Waals surface area contributed by atoms with Gasteiger partial charge >= 0.3 is 0 Å². The summed E-state index contributed by atoms with van der Waals surface area (Å²) in [6, 6.07) is 15.2. The standard InChI is InChI=1S/C20H23N3O3/c1-4-23-18-8-6-5-7-17(18)21-19(23)13-22(2)20(24)14-26-16-11-9-15(25-3)10-12-16/h5-12H,4,13-14H2,1-3H3. The Morgan fingerprint density at radius 3 is 2.50 bits per heavy atom. The normalized spacial score (nSPS) is 10.7. The van der Waals surface area contributed by atoms with E-state index in [4.69, 9.17) is 9.47 Å². The van der Waals surface area contributed by atoms with Gasteiger partial charge in [-0.25, -0.2) is 4.98 Å². The molecule has 26 heavy (non-hydrogen) atoms. The number of carbonyl (C=O) groups is 1. The maximum Gasteiger partial charge on any atom is 0.260 e. The predicted octanol–water partition coefficient (Wildman–Crippen LogP) is 3.10. The molecule has 1 aromatic heterocycles. The van der Waals surface area contributed by atoms with Crippen LogP contribution in [0.1, 0.15) is 12.7 Å². The van der Waals surface area contributed by atoms with Gasteiger partial charge in [0.25, 0.3) is 5.91 Å². The van der Waals surface area contributed by atoms with E-state index >= 15 is 0 Å². The Morgan fingerprint density at radius 2 is 1.81 bits per heavy atom. The minimum atomic E-state index is -0.101. The number of likely N-dealkylation sites (N-methyl/N-ethyl adjacent to an activating group) is 1. The minimum absolute atomic E-state index is 0.0187. The smallest absolute Gasteiger partial charge is 0.260 e. The Morgan fingerprint density at radius 1 is 1.12 bits per heavy atom. The van der Waals surface area contributed by atoms with Crippen molar-refractivity contribution < 1.29 is 14.3 Å². The highest BCUT2D eigenvalue weighted by Crippen LogP contribution is 2.18. The van der Waals surface area contributed by atoms with Crippen molar-refractivity contribution in [1.29, 1.82) is 0 Å². The van der Waals surface area contributed by atoms with Gasteiger partial charge in [0.15, 0.2) is 6.61 Å². The molecule has 0 saturated carbocycles. The van der Waals surface area contributed by atoms with Crippen LogP contribution in [0, 0.1) is 0 Å². The van der Waals surface area contributed by atoms with Gasteiger partial charge in [0, 0.05) is 13.6 Å². The minimum Gasteiger partial charge on any atom is -0.497 e. The number of fused-ring (bicyclic) bond motifs is 1. The zero-order chi connectivity index (χ0) is 18.5. The third kappa shape index (κ3) is 3.79. The van der Waals surface area contributed by atoms with E-state index in [0.717, 1.165) is 29.2 Å². The van der Waals surface area contributed by atoms with E-state index in [2.05, 4.69) is 16.5 Å². The summed E-state index contributed by atoms with van der Waals surface area (Å²) in [5.74, 6) is 2.15. The lowest BCUT2D eigenvalue weighted by Gasteiger charge is -2.18. The van der Waals surface area contributed by atoms with E-state index in [9.17, 15) is 4.79 Å². The molecular formula is C20H23N3O3. The molecule has 6 nitrogen and oxygen atoms in total. The Bertz CT molecular complexity index is 887. The number of aromatic nitrogens is 2. The third-order valence-electron chi connectivity index (χ3n) is 4.28. The van der Waals surface area contributed by atoms with E-state index in [0.29, 0.717) is 12.3 Å². The number of benzene rings is 2. The zero-order valence-corrected chi connectivity index (χ0v) is 15.3. The molecule has 0 atom stereocenters. The van der Waals surface area contributed by atoms with Crippen molar-refractivity contribution in [1.82, 2.24) is 14.5 Å². The summed E-state index contributed by atoms with van der Waals surface area (Å²) < 4.78 is 12.8. The SMILES string of the molecule is CCn1c(CN(C)C(=O)COc2ccc(OC)cc2)nc2ccccc21. The second-order valence-corrected chi connectivity index (χ2v) is 5.98. The number of hydrogen-bond acceptors (Lipinski definition) is 4. The van der Waals surface area contributed by atoms with Gasteiger partial charge in [-0.05, 0) is 43.3 Å². The quantitative estimate of drug-likeness (QED) is 0.655. The molecule has 1 amide bonds. The van der Waals surface area contributed by atoms with Gasteiger partial charge in [-0.1, -0.05) is 12.1 Å². The largest absolute Gasteiger partial charge is 0.497 e. The van der Waals surface area contributed by atoms with Crippen LogP contribution in [0.2, 0.25) is 0 Å². The average molecular weight is 353 g/mol. The summed E-state index contributed by atoms with van der Waals surface area (Å²) in [7, 11) is 3.37. The van der Waals surface area contributed by atoms with Crippen LogP contribution >= 0.6 is 0 Å². The molecule has 2 aromatic carbocycles. The monoisotopic (exact) mass is 353 g/mol. The van der Waals surface area contributed by atoms with Crippen molar-refractivity contribution in [2.75, 3.05) is 20.8 Å². The number of carbonyl (C=O) groups excluding carboxylic acids is 1. The first-order valence-electron chi connectivity index (χ1n) is 8.57. The number of methoxy groups -OCH3 is 1. The Labute approximate surface area is 153 Å². The number of rotatable bonds is 7. The van der Waals surface area contributed by atoms with Crippen LogP contribution in [0.5, 0.6) is 11.5 Å². The van der Waals surface area contributed by atoms with Crippen molar-refractivity contribution in [2.45, 2.75) is 20.0 Å². The molecule has 0 bridgehead atoms. The number of para-hydroxylation sites is 2. The highest BCUT2D eigenvalue weighted by molar-refractivity contribution is 5.78. The molecule has 0 aliphatic carbocycles. The molecule has 0 saturated heterocycles. The summed E-state index contributed by atoms with van der Waals surface area (Å²) in [5, 5.41) is 0. The molecule has 3 rings (SSSR count). The Balaban J connectivity index is 1.63. The molecule has 3 aromatic rings. The molecule has 136 valence electrons. The lowest BCUT2D eigenvalue weighted by molar-refractivity contribution is -0.132. The third-order valence-corrected chi connectivity index (χ3v) is 4.28. The molecule has 0 N–H and O–H groups in total. The molecule has 1 heterocycles. The maximum atomic E-state index is 12.4. The first-order chi connectivity index (χ1) is 12.6. The van der Waals surface area contributed by atoms with Gasteiger partial charge in [0.1, 0.15) is 17.3 Å². The number of ether oxygens (including phenoxy) is 2. The maximum absolute atomic E-state index is 12.4. The van der Waals surface area contributed by atoms with Crippen LogP contribution in [0.15, 0.2) is 48.5 Å². The Kier molecular flexibility index (Phi) is 5.41. The van der Waals surface area contributed by atoms with Gasteiger partial charge in [-0.3, -0.25) is 4.79 Å². The van der Waals surface area contributed by atoms with E-state index in [1.165, 1.54) is 0 Å². The summed E-state index contributed by atoms with van der Waals surface area (Å²) >= 11 is 0. The van der Waals surface area contributed by atoms with E-state index < -0.39 is 0 Å². The van der Waals surface area contributed by atoms with Gasteiger partial charge < -0.3 is 18.9 Å². The van der Waals surface area contributed by atoms with E-state index in [1.807, 2.05) is 24.3 Å². The van der Waals surface area contributed by atoms with Crippen LogP contribution < -0.4 is 9.47 Å². The molecule has 6 heteroatoms. The number of aryl methyl sites for hydroxylation is 1. The van der Waals surface area contributed by atoms with Crippen LogP contribution in [0.25, 0.3) is 11.0 Å². The van der Waals surface area contributed by atoms with E-state index in [-0.39, 0.29) is 12.5 Å². The van der Waals surface area contributed by atoms with Crippen molar-refractivity contribution in [2.24, 2.45) is 0 Å². The van der Waals surface area contributed by atoms with Crippen LogP contribution in [-0.4, -0.2) is 41.1 Å². The molecular weight excluding hydrogens is 330 g/mol. The lowest BCUT2D eigenvalue weighted by Crippen LogP contribution is -2.32. The number of nitrogens with zero attached hydrogens (tertiary/aromatic N) is 3. The first-order valence-corrected chi connectivity index (χ1v) is 8.57. The van der Waals surface area contributed by atoms with Gasteiger partial charge in [0.05, 0.1) is 24.7 Å². The summed E-state index contributed by atoms with van der Waals surface area (Å²) in [6.07, 6.45) is 0.